The molecule has 3 heteroatoms. The second kappa shape index (κ2) is 5.17. The van der Waals surface area contributed by atoms with E-state index in [0.29, 0.717) is 6.04 Å². The molecule has 1 unspecified atom stereocenters. The molecule has 2 nitrogen and oxygen atoms in total. The molecular formula is C16H26N2S. The lowest BCUT2D eigenvalue weighted by Gasteiger charge is -2.23. The van der Waals surface area contributed by atoms with Gasteiger partial charge in [0.2, 0.25) is 0 Å². The lowest BCUT2D eigenvalue weighted by Crippen LogP contribution is -2.29. The van der Waals surface area contributed by atoms with Crippen molar-refractivity contribution in [2.75, 3.05) is 0 Å². The predicted octanol–water partition coefficient (Wildman–Crippen LogP) is 4.42. The van der Waals surface area contributed by atoms with Crippen molar-refractivity contribution >= 4 is 11.3 Å². The molecule has 0 amide bonds. The van der Waals surface area contributed by atoms with Gasteiger partial charge in [0.15, 0.2) is 0 Å². The van der Waals surface area contributed by atoms with E-state index in [1.165, 1.54) is 49.2 Å². The summed E-state index contributed by atoms with van der Waals surface area (Å²) in [7, 11) is 0. The Morgan fingerprint density at radius 3 is 2.42 bits per heavy atom. The van der Waals surface area contributed by atoms with Crippen LogP contribution in [0.1, 0.15) is 76.0 Å². The molecule has 19 heavy (non-hydrogen) atoms. The van der Waals surface area contributed by atoms with E-state index >= 15 is 0 Å². The number of thiazole rings is 1. The number of hydrogen-bond donors (Lipinski definition) is 1. The number of aromatic nitrogens is 1. The van der Waals surface area contributed by atoms with Crippen LogP contribution in [-0.4, -0.2) is 11.0 Å². The molecule has 0 bridgehead atoms. The molecule has 2 aliphatic rings. The first kappa shape index (κ1) is 13.6. The maximum absolute atomic E-state index is 4.96. The lowest BCUT2D eigenvalue weighted by molar-refractivity contribution is 0.362. The predicted molar refractivity (Wildman–Crippen MR) is 81.7 cm³/mol. The molecule has 0 spiro atoms. The van der Waals surface area contributed by atoms with Crippen LogP contribution in [0.2, 0.25) is 0 Å². The van der Waals surface area contributed by atoms with Gasteiger partial charge in [0.1, 0.15) is 5.01 Å². The van der Waals surface area contributed by atoms with Crippen molar-refractivity contribution in [2.24, 2.45) is 5.92 Å². The van der Waals surface area contributed by atoms with Gasteiger partial charge in [-0.25, -0.2) is 4.98 Å². The molecule has 106 valence electrons. The summed E-state index contributed by atoms with van der Waals surface area (Å²) >= 11 is 1.87. The van der Waals surface area contributed by atoms with Crippen LogP contribution in [0.5, 0.6) is 0 Å². The molecule has 2 aliphatic carbocycles. The van der Waals surface area contributed by atoms with Gasteiger partial charge in [-0.15, -0.1) is 11.3 Å². The Morgan fingerprint density at radius 1 is 1.21 bits per heavy atom. The smallest absolute Gasteiger partial charge is 0.110 e. The minimum Gasteiger partial charge on any atom is -0.305 e. The summed E-state index contributed by atoms with van der Waals surface area (Å²) < 4.78 is 0. The summed E-state index contributed by atoms with van der Waals surface area (Å²) in [4.78, 5) is 4.96. The number of nitrogens with one attached hydrogen (secondary N) is 1. The number of rotatable bonds is 4. The summed E-state index contributed by atoms with van der Waals surface area (Å²) in [5.41, 5.74) is 1.43. The topological polar surface area (TPSA) is 24.9 Å². The van der Waals surface area contributed by atoms with Crippen LogP contribution in [0.15, 0.2) is 5.38 Å². The molecule has 0 aromatic carbocycles. The normalized spacial score (nSPS) is 22.9. The van der Waals surface area contributed by atoms with Gasteiger partial charge >= 0.3 is 0 Å². The first-order valence-corrected chi connectivity index (χ1v) is 8.64. The zero-order chi connectivity index (χ0) is 13.5. The van der Waals surface area contributed by atoms with Gasteiger partial charge < -0.3 is 5.32 Å². The Hall–Kier alpha value is -0.410. The standard InChI is InChI=1S/C16H26N2S/c1-16(2,3)13-10-19-15(18-13)14(17-12-8-9-12)11-6-4-5-7-11/h10-12,14,17H,4-9H2,1-3H3. The van der Waals surface area contributed by atoms with E-state index < -0.39 is 0 Å². The van der Waals surface area contributed by atoms with Crippen LogP contribution >= 0.6 is 11.3 Å². The van der Waals surface area contributed by atoms with Crippen molar-refractivity contribution in [2.45, 2.75) is 76.8 Å². The Labute approximate surface area is 121 Å². The van der Waals surface area contributed by atoms with Crippen LogP contribution in [-0.2, 0) is 5.41 Å². The molecule has 1 atom stereocenters. The molecule has 0 aliphatic heterocycles. The largest absolute Gasteiger partial charge is 0.305 e. The van der Waals surface area contributed by atoms with E-state index in [1.54, 1.807) is 0 Å². The summed E-state index contributed by atoms with van der Waals surface area (Å²) in [6, 6.07) is 1.30. The molecule has 0 saturated heterocycles. The Morgan fingerprint density at radius 2 is 1.89 bits per heavy atom. The Kier molecular flexibility index (Phi) is 3.69. The van der Waals surface area contributed by atoms with Crippen molar-refractivity contribution in [3.8, 4) is 0 Å². The fourth-order valence-corrected chi connectivity index (χ4v) is 4.18. The van der Waals surface area contributed by atoms with Crippen molar-refractivity contribution < 1.29 is 0 Å². The van der Waals surface area contributed by atoms with Crippen LogP contribution in [0.4, 0.5) is 0 Å². The van der Waals surface area contributed by atoms with Gasteiger partial charge in [0.05, 0.1) is 11.7 Å². The summed E-state index contributed by atoms with van der Waals surface area (Å²) in [5, 5.41) is 7.47. The first-order valence-electron chi connectivity index (χ1n) is 7.76. The highest BCUT2D eigenvalue weighted by molar-refractivity contribution is 7.09. The highest BCUT2D eigenvalue weighted by atomic mass is 32.1. The van der Waals surface area contributed by atoms with Gasteiger partial charge in [-0.05, 0) is 31.6 Å². The quantitative estimate of drug-likeness (QED) is 0.881. The number of hydrogen-bond acceptors (Lipinski definition) is 3. The average Bonchev–Trinajstić information content (AvgIpc) is 2.86. The maximum Gasteiger partial charge on any atom is 0.110 e. The molecule has 1 N–H and O–H groups in total. The second-order valence-corrected chi connectivity index (χ2v) is 8.17. The molecule has 0 radical (unpaired) electrons. The van der Waals surface area contributed by atoms with E-state index in [2.05, 4.69) is 31.5 Å². The van der Waals surface area contributed by atoms with Crippen molar-refractivity contribution in [1.29, 1.82) is 0 Å². The summed E-state index contributed by atoms with van der Waals surface area (Å²) in [5.74, 6) is 0.819. The second-order valence-electron chi connectivity index (χ2n) is 7.28. The van der Waals surface area contributed by atoms with E-state index in [1.807, 2.05) is 11.3 Å². The lowest BCUT2D eigenvalue weighted by atomic mass is 9.93. The fraction of sp³-hybridized carbons (Fsp3) is 0.812. The molecular weight excluding hydrogens is 252 g/mol. The summed E-state index contributed by atoms with van der Waals surface area (Å²) in [6.07, 6.45) is 8.31. The van der Waals surface area contributed by atoms with Gasteiger partial charge in [-0.2, -0.15) is 0 Å². The van der Waals surface area contributed by atoms with Crippen LogP contribution in [0.3, 0.4) is 0 Å². The van der Waals surface area contributed by atoms with Gasteiger partial charge in [-0.3, -0.25) is 0 Å². The van der Waals surface area contributed by atoms with Crippen LogP contribution in [0, 0.1) is 5.92 Å². The third-order valence-corrected chi connectivity index (χ3v) is 5.35. The zero-order valence-electron chi connectivity index (χ0n) is 12.4. The van der Waals surface area contributed by atoms with Crippen molar-refractivity contribution in [3.05, 3.63) is 16.1 Å². The number of nitrogens with zero attached hydrogens (tertiary/aromatic N) is 1. The highest BCUT2D eigenvalue weighted by Crippen LogP contribution is 2.39. The van der Waals surface area contributed by atoms with Crippen LogP contribution < -0.4 is 5.32 Å². The first-order chi connectivity index (χ1) is 9.04. The fourth-order valence-electron chi connectivity index (χ4n) is 2.98. The maximum atomic E-state index is 4.96. The van der Waals surface area contributed by atoms with E-state index in [-0.39, 0.29) is 5.41 Å². The third-order valence-electron chi connectivity index (χ3n) is 4.42. The monoisotopic (exact) mass is 278 g/mol. The molecule has 1 aromatic rings. The third kappa shape index (κ3) is 3.19. The molecule has 1 heterocycles. The Bertz CT molecular complexity index is 422. The highest BCUT2D eigenvalue weighted by Gasteiger charge is 2.34. The van der Waals surface area contributed by atoms with Crippen molar-refractivity contribution in [3.63, 3.8) is 0 Å². The van der Waals surface area contributed by atoms with Crippen LogP contribution in [0.25, 0.3) is 0 Å². The molecule has 1 aromatic heterocycles. The molecule has 3 rings (SSSR count). The van der Waals surface area contributed by atoms with Gasteiger partial charge in [-0.1, -0.05) is 33.6 Å². The van der Waals surface area contributed by atoms with E-state index in [4.69, 9.17) is 4.98 Å². The SMILES string of the molecule is CC(C)(C)c1csc(C(NC2CC2)C2CCCC2)n1. The molecule has 2 saturated carbocycles. The van der Waals surface area contributed by atoms with Gasteiger partial charge in [0.25, 0.3) is 0 Å². The van der Waals surface area contributed by atoms with Crippen molar-refractivity contribution in [1.82, 2.24) is 10.3 Å². The summed E-state index contributed by atoms with van der Waals surface area (Å²) in [6.45, 7) is 6.76. The minimum absolute atomic E-state index is 0.175. The molecule has 2 fully saturated rings. The zero-order valence-corrected chi connectivity index (χ0v) is 13.2. The van der Waals surface area contributed by atoms with E-state index in [0.717, 1.165) is 12.0 Å². The van der Waals surface area contributed by atoms with E-state index in [9.17, 15) is 0 Å². The Balaban J connectivity index is 1.79. The minimum atomic E-state index is 0.175. The average molecular weight is 278 g/mol. The van der Waals surface area contributed by atoms with Gasteiger partial charge in [0, 0.05) is 16.8 Å².